The van der Waals surface area contributed by atoms with E-state index in [0.29, 0.717) is 6.54 Å². The quantitative estimate of drug-likeness (QED) is 0.843. The molecule has 4 nitrogen and oxygen atoms in total. The summed E-state index contributed by atoms with van der Waals surface area (Å²) in [7, 11) is 1.81. The van der Waals surface area contributed by atoms with E-state index < -0.39 is 5.41 Å². The van der Waals surface area contributed by atoms with Crippen molar-refractivity contribution in [3.63, 3.8) is 0 Å². The topological polar surface area (TPSA) is 40.6 Å². The SMILES string of the molecule is CN(C(=O)C1CCCN(C(=O)C(C)(C)C)C1)c1ccccc1. The molecule has 1 unspecified atom stereocenters. The number of benzene rings is 1. The van der Waals surface area contributed by atoms with Crippen LogP contribution in [0.1, 0.15) is 33.6 Å². The van der Waals surface area contributed by atoms with Crippen molar-refractivity contribution < 1.29 is 9.59 Å². The maximum atomic E-state index is 12.7. The van der Waals surface area contributed by atoms with E-state index in [1.807, 2.05) is 63.1 Å². The van der Waals surface area contributed by atoms with Crippen molar-refractivity contribution in [2.45, 2.75) is 33.6 Å². The first-order valence-corrected chi connectivity index (χ1v) is 7.92. The standard InChI is InChI=1S/C18H26N2O2/c1-18(2,3)17(22)20-12-8-9-14(13-20)16(21)19(4)15-10-6-5-7-11-15/h5-7,10-11,14H,8-9,12-13H2,1-4H3. The summed E-state index contributed by atoms with van der Waals surface area (Å²) in [4.78, 5) is 28.7. The van der Waals surface area contributed by atoms with Crippen molar-refractivity contribution in [2.24, 2.45) is 11.3 Å². The van der Waals surface area contributed by atoms with Gasteiger partial charge in [0.2, 0.25) is 11.8 Å². The van der Waals surface area contributed by atoms with Crippen LogP contribution in [-0.4, -0.2) is 36.9 Å². The molecule has 1 aliphatic heterocycles. The van der Waals surface area contributed by atoms with E-state index in [1.165, 1.54) is 0 Å². The summed E-state index contributed by atoms with van der Waals surface area (Å²) >= 11 is 0. The predicted octanol–water partition coefficient (Wildman–Crippen LogP) is 2.93. The number of carbonyl (C=O) groups is 2. The summed E-state index contributed by atoms with van der Waals surface area (Å²) in [6, 6.07) is 9.65. The lowest BCUT2D eigenvalue weighted by Gasteiger charge is -2.37. The second-order valence-corrected chi connectivity index (χ2v) is 7.07. The number of carbonyl (C=O) groups excluding carboxylic acids is 2. The fourth-order valence-electron chi connectivity index (χ4n) is 2.89. The summed E-state index contributed by atoms with van der Waals surface area (Å²) in [6.45, 7) is 7.08. The van der Waals surface area contributed by atoms with E-state index in [4.69, 9.17) is 0 Å². The van der Waals surface area contributed by atoms with E-state index >= 15 is 0 Å². The highest BCUT2D eigenvalue weighted by Gasteiger charge is 2.34. The van der Waals surface area contributed by atoms with Crippen LogP contribution in [0.5, 0.6) is 0 Å². The third-order valence-corrected chi connectivity index (χ3v) is 4.17. The largest absolute Gasteiger partial charge is 0.341 e. The van der Waals surface area contributed by atoms with Gasteiger partial charge in [0.25, 0.3) is 0 Å². The van der Waals surface area contributed by atoms with Gasteiger partial charge in [-0.3, -0.25) is 9.59 Å². The molecule has 0 N–H and O–H groups in total. The molecule has 0 bridgehead atoms. The van der Waals surface area contributed by atoms with Crippen molar-refractivity contribution in [2.75, 3.05) is 25.0 Å². The Kier molecular flexibility index (Phi) is 4.89. The van der Waals surface area contributed by atoms with E-state index in [2.05, 4.69) is 0 Å². The lowest BCUT2D eigenvalue weighted by molar-refractivity contribution is -0.142. The summed E-state index contributed by atoms with van der Waals surface area (Å²) < 4.78 is 0. The zero-order valence-electron chi connectivity index (χ0n) is 14.0. The van der Waals surface area contributed by atoms with Crippen LogP contribution in [0.3, 0.4) is 0 Å². The van der Waals surface area contributed by atoms with Crippen LogP contribution < -0.4 is 4.90 Å². The first-order chi connectivity index (χ1) is 10.3. The Morgan fingerprint density at radius 1 is 1.18 bits per heavy atom. The lowest BCUT2D eigenvalue weighted by Crippen LogP contribution is -2.49. The molecule has 1 aromatic carbocycles. The smallest absolute Gasteiger partial charge is 0.231 e. The Hall–Kier alpha value is -1.84. The predicted molar refractivity (Wildman–Crippen MR) is 88.6 cm³/mol. The van der Waals surface area contributed by atoms with Crippen LogP contribution in [0, 0.1) is 11.3 Å². The Morgan fingerprint density at radius 2 is 1.82 bits per heavy atom. The number of rotatable bonds is 2. The van der Waals surface area contributed by atoms with Gasteiger partial charge >= 0.3 is 0 Å². The molecular formula is C18H26N2O2. The number of hydrogen-bond acceptors (Lipinski definition) is 2. The number of nitrogens with zero attached hydrogens (tertiary/aromatic N) is 2. The average Bonchev–Trinajstić information content (AvgIpc) is 2.52. The molecule has 2 amide bonds. The Labute approximate surface area is 133 Å². The molecule has 2 rings (SSSR count). The maximum Gasteiger partial charge on any atom is 0.231 e. The molecule has 0 spiro atoms. The number of amides is 2. The number of anilines is 1. The van der Waals surface area contributed by atoms with Gasteiger partial charge < -0.3 is 9.80 Å². The van der Waals surface area contributed by atoms with Crippen molar-refractivity contribution in [3.05, 3.63) is 30.3 Å². The van der Waals surface area contributed by atoms with E-state index in [0.717, 1.165) is 25.1 Å². The minimum absolute atomic E-state index is 0.0950. The zero-order chi connectivity index (χ0) is 16.3. The van der Waals surface area contributed by atoms with E-state index in [-0.39, 0.29) is 17.7 Å². The second-order valence-electron chi connectivity index (χ2n) is 7.07. The molecule has 120 valence electrons. The molecule has 1 atom stereocenters. The van der Waals surface area contributed by atoms with Crippen LogP contribution >= 0.6 is 0 Å². The van der Waals surface area contributed by atoms with Crippen LogP contribution in [0.25, 0.3) is 0 Å². The Morgan fingerprint density at radius 3 is 2.41 bits per heavy atom. The third-order valence-electron chi connectivity index (χ3n) is 4.17. The van der Waals surface area contributed by atoms with Crippen molar-refractivity contribution in [1.82, 2.24) is 4.90 Å². The van der Waals surface area contributed by atoms with Gasteiger partial charge in [0.15, 0.2) is 0 Å². The van der Waals surface area contributed by atoms with Crippen molar-refractivity contribution >= 4 is 17.5 Å². The van der Waals surface area contributed by atoms with Gasteiger partial charge in [-0.05, 0) is 25.0 Å². The first kappa shape index (κ1) is 16.5. The minimum atomic E-state index is -0.393. The number of piperidine rings is 1. The number of likely N-dealkylation sites (tertiary alicyclic amines) is 1. The first-order valence-electron chi connectivity index (χ1n) is 7.92. The molecular weight excluding hydrogens is 276 g/mol. The summed E-state index contributed by atoms with van der Waals surface area (Å²) in [5, 5.41) is 0. The van der Waals surface area contributed by atoms with Gasteiger partial charge in [-0.2, -0.15) is 0 Å². The average molecular weight is 302 g/mol. The lowest BCUT2D eigenvalue weighted by atomic mass is 9.90. The summed E-state index contributed by atoms with van der Waals surface area (Å²) in [5.74, 6) is 0.121. The minimum Gasteiger partial charge on any atom is -0.341 e. The molecule has 22 heavy (non-hydrogen) atoms. The molecule has 1 aliphatic rings. The third kappa shape index (κ3) is 3.67. The molecule has 0 aromatic heterocycles. The molecule has 1 aromatic rings. The number of para-hydroxylation sites is 1. The van der Waals surface area contributed by atoms with Gasteiger partial charge in [-0.15, -0.1) is 0 Å². The van der Waals surface area contributed by atoms with Crippen LogP contribution in [0.4, 0.5) is 5.69 Å². The van der Waals surface area contributed by atoms with Crippen molar-refractivity contribution in [1.29, 1.82) is 0 Å². The normalized spacial score (nSPS) is 18.9. The van der Waals surface area contributed by atoms with Gasteiger partial charge in [-0.25, -0.2) is 0 Å². The molecule has 4 heteroatoms. The Balaban J connectivity index is 2.06. The van der Waals surface area contributed by atoms with E-state index in [1.54, 1.807) is 4.90 Å². The number of hydrogen-bond donors (Lipinski definition) is 0. The molecule has 0 radical (unpaired) electrons. The van der Waals surface area contributed by atoms with Gasteiger partial charge in [-0.1, -0.05) is 39.0 Å². The fourth-order valence-corrected chi connectivity index (χ4v) is 2.89. The van der Waals surface area contributed by atoms with Gasteiger partial charge in [0, 0.05) is 31.2 Å². The summed E-state index contributed by atoms with van der Waals surface area (Å²) in [6.07, 6.45) is 1.74. The van der Waals surface area contributed by atoms with E-state index in [9.17, 15) is 9.59 Å². The Bertz CT molecular complexity index is 534. The molecule has 1 fully saturated rings. The molecule has 1 heterocycles. The van der Waals surface area contributed by atoms with Crippen molar-refractivity contribution in [3.8, 4) is 0 Å². The summed E-state index contributed by atoms with van der Waals surface area (Å²) in [5.41, 5.74) is 0.503. The highest BCUT2D eigenvalue weighted by atomic mass is 16.2. The fraction of sp³-hybridized carbons (Fsp3) is 0.556. The maximum absolute atomic E-state index is 12.7. The van der Waals surface area contributed by atoms with Gasteiger partial charge in [0.05, 0.1) is 5.92 Å². The monoisotopic (exact) mass is 302 g/mol. The van der Waals surface area contributed by atoms with Crippen LogP contribution in [0.2, 0.25) is 0 Å². The highest BCUT2D eigenvalue weighted by molar-refractivity contribution is 5.95. The molecule has 1 saturated heterocycles. The van der Waals surface area contributed by atoms with Gasteiger partial charge in [0.1, 0.15) is 0 Å². The second kappa shape index (κ2) is 6.51. The molecule has 0 saturated carbocycles. The zero-order valence-corrected chi connectivity index (χ0v) is 14.0. The van der Waals surface area contributed by atoms with Crippen LogP contribution in [-0.2, 0) is 9.59 Å². The highest BCUT2D eigenvalue weighted by Crippen LogP contribution is 2.25. The van der Waals surface area contributed by atoms with Crippen LogP contribution in [0.15, 0.2) is 30.3 Å². The molecule has 0 aliphatic carbocycles.